The monoisotopic (exact) mass is 650 g/mol. The third kappa shape index (κ3) is 5.69. The van der Waals surface area contributed by atoms with Crippen LogP contribution in [0.3, 0.4) is 0 Å². The van der Waals surface area contributed by atoms with Crippen molar-refractivity contribution < 1.29 is 9.50 Å². The zero-order valence-electron chi connectivity index (χ0n) is 27.7. The highest BCUT2D eigenvalue weighted by Crippen LogP contribution is 2.32. The molecule has 0 amide bonds. The number of likely N-dealkylation sites (N-methyl/N-ethyl adjacent to an activating group) is 1. The largest absolute Gasteiger partial charge is 0.392 e. The molecule has 0 saturated carbocycles. The van der Waals surface area contributed by atoms with E-state index in [-0.39, 0.29) is 27.7 Å². The van der Waals surface area contributed by atoms with Crippen LogP contribution in [0.25, 0.3) is 27.7 Å². The summed E-state index contributed by atoms with van der Waals surface area (Å²) in [6.45, 7) is 8.45. The molecule has 5 aromatic rings. The SMILES string of the molecule is CN1CC2C[C@H]1CN2Cc1ccc(Nc2cc(-c3cccc(-n4ncc5cc(C(C)(C)C)cc(F)c5c4=O)c3CO)nn(C)c2=O)nc1. The predicted octanol–water partition coefficient (Wildman–Crippen LogP) is 4.10. The fraction of sp³-hybridized carbons (Fsp3) is 0.361. The summed E-state index contributed by atoms with van der Waals surface area (Å²) in [7, 11) is 3.73. The van der Waals surface area contributed by atoms with E-state index in [1.807, 2.05) is 39.1 Å². The standard InChI is InChI=1S/C36H39FN8O3/c1-36(2,3)23-11-22-16-39-45(35(48)33(22)28(37)12-23)31-8-6-7-26(27(31)20-46)29-14-30(34(47)43(5)41-29)40-32-10-9-21(15-38-32)17-44-19-24-13-25(44)18-42(24)4/h6-12,14-16,24-25,46H,13,17-20H2,1-5H3,(H,38,40)/t24-,25?/m0/s1. The minimum atomic E-state index is -0.646. The van der Waals surface area contributed by atoms with Crippen LogP contribution in [-0.2, 0) is 25.6 Å². The Morgan fingerprint density at radius 2 is 1.81 bits per heavy atom. The molecule has 2 fully saturated rings. The number of aliphatic hydroxyl groups is 1. The number of anilines is 2. The third-order valence-electron chi connectivity index (χ3n) is 9.68. The van der Waals surface area contributed by atoms with Crippen LogP contribution >= 0.6 is 0 Å². The highest BCUT2D eigenvalue weighted by molar-refractivity contribution is 5.83. The first-order valence-corrected chi connectivity index (χ1v) is 16.1. The molecule has 3 aromatic heterocycles. The van der Waals surface area contributed by atoms with Crippen LogP contribution in [0.15, 0.2) is 70.5 Å². The topological polar surface area (TPSA) is 121 Å². The molecule has 248 valence electrons. The molecule has 12 heteroatoms. The maximum Gasteiger partial charge on any atom is 0.290 e. The minimum absolute atomic E-state index is 0.0854. The van der Waals surface area contributed by atoms with Crippen LogP contribution in [0.2, 0.25) is 0 Å². The molecule has 2 bridgehead atoms. The number of aliphatic hydroxyl groups excluding tert-OH is 1. The van der Waals surface area contributed by atoms with Crippen molar-refractivity contribution in [3.63, 3.8) is 0 Å². The summed E-state index contributed by atoms with van der Waals surface area (Å²) in [6.07, 6.45) is 4.51. The van der Waals surface area contributed by atoms with Crippen molar-refractivity contribution in [3.8, 4) is 16.9 Å². The number of rotatable bonds is 7. The Labute approximate surface area is 277 Å². The van der Waals surface area contributed by atoms with E-state index in [0.29, 0.717) is 40.1 Å². The maximum absolute atomic E-state index is 15.4. The first-order chi connectivity index (χ1) is 22.9. The Bertz CT molecular complexity index is 2150. The molecular weight excluding hydrogens is 611 g/mol. The fourth-order valence-corrected chi connectivity index (χ4v) is 6.95. The lowest BCUT2D eigenvalue weighted by Gasteiger charge is -2.31. The number of aromatic nitrogens is 5. The first-order valence-electron chi connectivity index (χ1n) is 16.1. The number of aryl methyl sites for hydroxylation is 1. The van der Waals surface area contributed by atoms with Crippen LogP contribution in [0, 0.1) is 5.82 Å². The number of likely N-dealkylation sites (tertiary alicyclic amines) is 2. The number of piperazine rings is 1. The van der Waals surface area contributed by atoms with Gasteiger partial charge in [0.2, 0.25) is 0 Å². The number of benzene rings is 2. The van der Waals surface area contributed by atoms with Gasteiger partial charge in [0.05, 0.1) is 29.6 Å². The average Bonchev–Trinajstić information content (AvgIpc) is 3.62. The van der Waals surface area contributed by atoms with E-state index in [1.165, 1.54) is 23.4 Å². The van der Waals surface area contributed by atoms with Crippen LogP contribution in [0.1, 0.15) is 43.9 Å². The zero-order valence-corrected chi connectivity index (χ0v) is 27.7. The quantitative estimate of drug-likeness (QED) is 0.268. The molecule has 2 aliphatic heterocycles. The molecule has 2 N–H and O–H groups in total. The number of fused-ring (bicyclic) bond motifs is 3. The Morgan fingerprint density at radius 3 is 2.48 bits per heavy atom. The Morgan fingerprint density at radius 1 is 1.00 bits per heavy atom. The summed E-state index contributed by atoms with van der Waals surface area (Å²) in [4.78, 5) is 36.3. The second-order valence-electron chi connectivity index (χ2n) is 14.0. The van der Waals surface area contributed by atoms with E-state index in [4.69, 9.17) is 0 Å². The Hall–Kier alpha value is -4.78. The van der Waals surface area contributed by atoms with Crippen LogP contribution in [-0.4, -0.2) is 71.7 Å². The van der Waals surface area contributed by atoms with Gasteiger partial charge in [-0.05, 0) is 60.3 Å². The number of nitrogens with one attached hydrogen (secondary N) is 1. The van der Waals surface area contributed by atoms with Gasteiger partial charge in [-0.3, -0.25) is 14.5 Å². The smallest absolute Gasteiger partial charge is 0.290 e. The summed E-state index contributed by atoms with van der Waals surface area (Å²) in [5.41, 5.74) is 2.27. The second-order valence-corrected chi connectivity index (χ2v) is 14.0. The summed E-state index contributed by atoms with van der Waals surface area (Å²) in [5, 5.41) is 22.8. The molecule has 5 heterocycles. The number of hydrogen-bond donors (Lipinski definition) is 2. The maximum atomic E-state index is 15.4. The van der Waals surface area contributed by atoms with Crippen LogP contribution in [0.5, 0.6) is 0 Å². The van der Waals surface area contributed by atoms with E-state index in [0.717, 1.165) is 35.4 Å². The second kappa shape index (κ2) is 12.0. The van der Waals surface area contributed by atoms with Crippen molar-refractivity contribution in [2.75, 3.05) is 25.5 Å². The molecule has 2 aromatic carbocycles. The molecule has 7 rings (SSSR count). The van der Waals surface area contributed by atoms with Crippen molar-refractivity contribution >= 4 is 22.3 Å². The van der Waals surface area contributed by atoms with Gasteiger partial charge in [0, 0.05) is 61.5 Å². The summed E-state index contributed by atoms with van der Waals surface area (Å²) < 4.78 is 17.7. The van der Waals surface area contributed by atoms with Gasteiger partial charge in [0.25, 0.3) is 11.1 Å². The van der Waals surface area contributed by atoms with Crippen molar-refractivity contribution in [3.05, 3.63) is 104 Å². The minimum Gasteiger partial charge on any atom is -0.392 e. The van der Waals surface area contributed by atoms with Gasteiger partial charge < -0.3 is 15.3 Å². The van der Waals surface area contributed by atoms with Gasteiger partial charge in [-0.1, -0.05) is 39.0 Å². The van der Waals surface area contributed by atoms with E-state index in [2.05, 4.69) is 37.3 Å². The number of nitrogens with zero attached hydrogens (tertiary/aromatic N) is 7. The highest BCUT2D eigenvalue weighted by atomic mass is 19.1. The van der Waals surface area contributed by atoms with Crippen LogP contribution in [0.4, 0.5) is 15.9 Å². The summed E-state index contributed by atoms with van der Waals surface area (Å²) >= 11 is 0. The van der Waals surface area contributed by atoms with Gasteiger partial charge in [-0.25, -0.2) is 14.1 Å². The lowest BCUT2D eigenvalue weighted by atomic mass is 9.86. The predicted molar refractivity (Wildman–Crippen MR) is 183 cm³/mol. The lowest BCUT2D eigenvalue weighted by molar-refractivity contribution is 0.143. The number of hydrogen-bond acceptors (Lipinski definition) is 9. The van der Waals surface area contributed by atoms with Gasteiger partial charge in [-0.15, -0.1) is 0 Å². The average molecular weight is 651 g/mol. The molecule has 2 saturated heterocycles. The number of halogens is 1. The van der Waals surface area contributed by atoms with Gasteiger partial charge >= 0.3 is 0 Å². The van der Waals surface area contributed by atoms with Gasteiger partial charge in [0.15, 0.2) is 0 Å². The molecule has 0 spiro atoms. The first kappa shape index (κ1) is 31.8. The van der Waals surface area contributed by atoms with E-state index < -0.39 is 18.0 Å². The molecule has 2 aliphatic rings. The molecular formula is C36H39FN8O3. The van der Waals surface area contributed by atoms with Crippen molar-refractivity contribution in [1.82, 2.24) is 34.3 Å². The molecule has 0 aliphatic carbocycles. The van der Waals surface area contributed by atoms with E-state index in [1.54, 1.807) is 37.4 Å². The fourth-order valence-electron chi connectivity index (χ4n) is 6.95. The zero-order chi connectivity index (χ0) is 33.9. The molecule has 2 atom stereocenters. The number of pyridine rings is 1. The van der Waals surface area contributed by atoms with E-state index in [9.17, 15) is 14.7 Å². The van der Waals surface area contributed by atoms with Crippen LogP contribution < -0.4 is 16.4 Å². The highest BCUT2D eigenvalue weighted by Gasteiger charge is 2.41. The lowest BCUT2D eigenvalue weighted by Crippen LogP contribution is -2.43. The third-order valence-corrected chi connectivity index (χ3v) is 9.68. The Kier molecular flexibility index (Phi) is 7.97. The summed E-state index contributed by atoms with van der Waals surface area (Å²) in [5.74, 6) is -0.122. The molecule has 48 heavy (non-hydrogen) atoms. The molecule has 11 nitrogen and oxygen atoms in total. The van der Waals surface area contributed by atoms with Gasteiger partial charge in [0.1, 0.15) is 17.3 Å². The Balaban J connectivity index is 1.20. The van der Waals surface area contributed by atoms with E-state index >= 15 is 4.39 Å². The van der Waals surface area contributed by atoms with Gasteiger partial charge in [-0.2, -0.15) is 14.9 Å². The van der Waals surface area contributed by atoms with Crippen molar-refractivity contribution in [2.24, 2.45) is 7.05 Å². The van der Waals surface area contributed by atoms with Crippen molar-refractivity contribution in [1.29, 1.82) is 0 Å². The van der Waals surface area contributed by atoms with Crippen molar-refractivity contribution in [2.45, 2.75) is 57.8 Å². The normalized spacial score (nSPS) is 18.2. The summed E-state index contributed by atoms with van der Waals surface area (Å²) in [6, 6.07) is 14.9. The molecule has 0 radical (unpaired) electrons. The molecule has 1 unspecified atom stereocenters.